The molecular weight excluding hydrogens is 268 g/mol. The fourth-order valence-corrected chi connectivity index (χ4v) is 2.10. The Balaban J connectivity index is 2.13. The van der Waals surface area contributed by atoms with Gasteiger partial charge >= 0.3 is 0 Å². The third kappa shape index (κ3) is 2.73. The molecule has 0 saturated carbocycles. The van der Waals surface area contributed by atoms with E-state index >= 15 is 0 Å². The van der Waals surface area contributed by atoms with Gasteiger partial charge in [-0.15, -0.1) is 0 Å². The second kappa shape index (κ2) is 5.71. The number of nitrogens with one attached hydrogen (secondary N) is 1. The van der Waals surface area contributed by atoms with Crippen LogP contribution in [0.2, 0.25) is 0 Å². The number of nitro groups is 1. The molecule has 0 bridgehead atoms. The number of nitro benzene ring substituents is 1. The topological polar surface area (TPSA) is 125 Å². The lowest BCUT2D eigenvalue weighted by Crippen LogP contribution is -2.36. The average molecular weight is 284 g/mol. The monoisotopic (exact) mass is 284 g/mol. The lowest BCUT2D eigenvalue weighted by atomic mass is 10.1. The molecule has 0 unspecified atom stereocenters. The maximum absolute atomic E-state index is 10.6. The number of hydrogen-bond donors (Lipinski definition) is 4. The van der Waals surface area contributed by atoms with Gasteiger partial charge in [0.25, 0.3) is 5.69 Å². The molecule has 8 nitrogen and oxygen atoms in total. The highest BCUT2D eigenvalue weighted by Crippen LogP contribution is 2.26. The Hall–Kier alpha value is -1.74. The molecule has 0 spiro atoms. The maximum atomic E-state index is 10.6. The Morgan fingerprint density at radius 1 is 1.40 bits per heavy atom. The largest absolute Gasteiger partial charge is 0.394 e. The van der Waals surface area contributed by atoms with Crippen LogP contribution in [0.5, 0.6) is 0 Å². The first-order chi connectivity index (χ1) is 9.43. The van der Waals surface area contributed by atoms with Crippen LogP contribution in [0.1, 0.15) is 5.56 Å². The number of aliphatic hydroxyl groups is 3. The minimum absolute atomic E-state index is 0.0331. The molecule has 2 rings (SSSR count). The highest BCUT2D eigenvalue weighted by molar-refractivity contribution is 5.55. The predicted octanol–water partition coefficient (Wildman–Crippen LogP) is -0.246. The van der Waals surface area contributed by atoms with Crippen molar-refractivity contribution in [2.45, 2.75) is 31.5 Å². The molecule has 0 aliphatic carbocycles. The second-order valence-electron chi connectivity index (χ2n) is 4.66. The fourth-order valence-electron chi connectivity index (χ4n) is 2.10. The summed E-state index contributed by atoms with van der Waals surface area (Å²) in [5, 5.41) is 41.9. The third-order valence-corrected chi connectivity index (χ3v) is 3.26. The normalized spacial score (nSPS) is 29.4. The standard InChI is InChI=1S/C12H16N2O6/c1-6-4-7(14(18)19)2-3-8(6)13-12-11(17)10(16)9(5-15)20-12/h2-4,9-13,15-17H,5H2,1H3/t9-,10+,11-,12-/m0/s1. The zero-order valence-corrected chi connectivity index (χ0v) is 10.8. The predicted molar refractivity (Wildman–Crippen MR) is 69.2 cm³/mol. The number of rotatable bonds is 4. The van der Waals surface area contributed by atoms with Gasteiger partial charge in [0.2, 0.25) is 0 Å². The minimum Gasteiger partial charge on any atom is -0.394 e. The Morgan fingerprint density at radius 2 is 2.10 bits per heavy atom. The minimum atomic E-state index is -1.19. The quantitative estimate of drug-likeness (QED) is 0.444. The summed E-state index contributed by atoms with van der Waals surface area (Å²) in [6.07, 6.45) is -4.12. The lowest BCUT2D eigenvalue weighted by molar-refractivity contribution is -0.384. The lowest BCUT2D eigenvalue weighted by Gasteiger charge is -2.19. The highest BCUT2D eigenvalue weighted by atomic mass is 16.6. The van der Waals surface area contributed by atoms with Crippen LogP contribution in [0, 0.1) is 17.0 Å². The van der Waals surface area contributed by atoms with Crippen LogP contribution in [0.4, 0.5) is 11.4 Å². The number of non-ortho nitro benzene ring substituents is 1. The summed E-state index contributed by atoms with van der Waals surface area (Å²) in [5.41, 5.74) is 1.12. The van der Waals surface area contributed by atoms with Crippen molar-refractivity contribution >= 4 is 11.4 Å². The molecule has 1 heterocycles. The molecule has 20 heavy (non-hydrogen) atoms. The molecule has 8 heteroatoms. The van der Waals surface area contributed by atoms with Gasteiger partial charge in [0.05, 0.1) is 11.5 Å². The summed E-state index contributed by atoms with van der Waals surface area (Å²) in [7, 11) is 0. The summed E-state index contributed by atoms with van der Waals surface area (Å²) >= 11 is 0. The molecule has 0 radical (unpaired) electrons. The number of benzene rings is 1. The highest BCUT2D eigenvalue weighted by Gasteiger charge is 2.42. The van der Waals surface area contributed by atoms with Gasteiger partial charge in [-0.25, -0.2) is 0 Å². The summed E-state index contributed by atoms with van der Waals surface area (Å²) in [4.78, 5) is 10.1. The molecule has 1 aliphatic heterocycles. The van der Waals surface area contributed by atoms with Gasteiger partial charge in [0.1, 0.15) is 18.3 Å². The summed E-state index contributed by atoms with van der Waals surface area (Å²) in [5.74, 6) is 0. The van der Waals surface area contributed by atoms with Crippen LogP contribution in [0.3, 0.4) is 0 Å². The van der Waals surface area contributed by atoms with Gasteiger partial charge in [-0.2, -0.15) is 0 Å². The molecule has 1 saturated heterocycles. The molecule has 1 aromatic rings. The van der Waals surface area contributed by atoms with Crippen molar-refractivity contribution in [3.05, 3.63) is 33.9 Å². The van der Waals surface area contributed by atoms with E-state index in [1.807, 2.05) is 0 Å². The number of ether oxygens (including phenoxy) is 1. The van der Waals surface area contributed by atoms with E-state index < -0.39 is 36.1 Å². The van der Waals surface area contributed by atoms with Crippen molar-refractivity contribution in [2.24, 2.45) is 0 Å². The molecule has 0 amide bonds. The molecular formula is C12H16N2O6. The van der Waals surface area contributed by atoms with Crippen LogP contribution in [0.15, 0.2) is 18.2 Å². The Labute approximate surface area is 114 Å². The van der Waals surface area contributed by atoms with E-state index in [-0.39, 0.29) is 5.69 Å². The number of aliphatic hydroxyl groups excluding tert-OH is 3. The molecule has 1 aliphatic rings. The SMILES string of the molecule is Cc1cc([N+](=O)[O-])ccc1N[C@H]1O[C@@H](CO)[C@@H](O)[C@@H]1O. The zero-order chi connectivity index (χ0) is 14.9. The van der Waals surface area contributed by atoms with Gasteiger partial charge in [0, 0.05) is 17.8 Å². The molecule has 0 aromatic heterocycles. The molecule has 4 N–H and O–H groups in total. The zero-order valence-electron chi connectivity index (χ0n) is 10.8. The summed E-state index contributed by atoms with van der Waals surface area (Å²) in [6.45, 7) is 1.27. The van der Waals surface area contributed by atoms with Gasteiger partial charge in [-0.1, -0.05) is 0 Å². The van der Waals surface area contributed by atoms with Crippen LogP contribution < -0.4 is 5.32 Å². The van der Waals surface area contributed by atoms with Gasteiger partial charge in [-0.3, -0.25) is 10.1 Å². The van der Waals surface area contributed by atoms with Gasteiger partial charge in [0.15, 0.2) is 6.23 Å². The molecule has 1 aromatic carbocycles. The Bertz CT molecular complexity index is 509. The van der Waals surface area contributed by atoms with E-state index in [9.17, 15) is 20.3 Å². The van der Waals surface area contributed by atoms with E-state index in [4.69, 9.17) is 9.84 Å². The van der Waals surface area contributed by atoms with Crippen molar-refractivity contribution in [2.75, 3.05) is 11.9 Å². The van der Waals surface area contributed by atoms with E-state index in [0.717, 1.165) is 0 Å². The van der Waals surface area contributed by atoms with E-state index in [0.29, 0.717) is 11.3 Å². The first kappa shape index (κ1) is 14.7. The van der Waals surface area contributed by atoms with Crippen molar-refractivity contribution < 1.29 is 25.0 Å². The third-order valence-electron chi connectivity index (χ3n) is 3.26. The Kier molecular flexibility index (Phi) is 4.19. The van der Waals surface area contributed by atoms with Crippen LogP contribution >= 0.6 is 0 Å². The summed E-state index contributed by atoms with van der Waals surface area (Å²) < 4.78 is 5.28. The first-order valence-corrected chi connectivity index (χ1v) is 6.08. The molecule has 110 valence electrons. The number of anilines is 1. The maximum Gasteiger partial charge on any atom is 0.269 e. The van der Waals surface area contributed by atoms with E-state index in [1.54, 1.807) is 6.92 Å². The van der Waals surface area contributed by atoms with E-state index in [2.05, 4.69) is 5.32 Å². The summed E-state index contributed by atoms with van der Waals surface area (Å²) in [6, 6.07) is 4.22. The average Bonchev–Trinajstić information content (AvgIpc) is 2.68. The fraction of sp³-hybridized carbons (Fsp3) is 0.500. The van der Waals surface area contributed by atoms with E-state index in [1.165, 1.54) is 18.2 Å². The van der Waals surface area contributed by atoms with Gasteiger partial charge in [-0.05, 0) is 18.6 Å². The van der Waals surface area contributed by atoms with Crippen molar-refractivity contribution in [1.82, 2.24) is 0 Å². The van der Waals surface area contributed by atoms with Crippen LogP contribution in [-0.2, 0) is 4.74 Å². The number of hydrogen-bond acceptors (Lipinski definition) is 7. The molecule has 4 atom stereocenters. The molecule has 1 fully saturated rings. The number of aryl methyl sites for hydroxylation is 1. The van der Waals surface area contributed by atoms with Crippen molar-refractivity contribution in [3.63, 3.8) is 0 Å². The van der Waals surface area contributed by atoms with Crippen molar-refractivity contribution in [1.29, 1.82) is 0 Å². The van der Waals surface area contributed by atoms with Gasteiger partial charge < -0.3 is 25.4 Å². The van der Waals surface area contributed by atoms with Crippen molar-refractivity contribution in [3.8, 4) is 0 Å². The second-order valence-corrected chi connectivity index (χ2v) is 4.66. The Morgan fingerprint density at radius 3 is 2.60 bits per heavy atom. The first-order valence-electron chi connectivity index (χ1n) is 6.08. The van der Waals surface area contributed by atoms with Crippen LogP contribution in [-0.4, -0.2) is 51.4 Å². The van der Waals surface area contributed by atoms with Crippen LogP contribution in [0.25, 0.3) is 0 Å². The smallest absolute Gasteiger partial charge is 0.269 e. The number of nitrogens with zero attached hydrogens (tertiary/aromatic N) is 1.